The van der Waals surface area contributed by atoms with E-state index in [9.17, 15) is 43.8 Å². The number of Topliss-reactive ketones (excluding diaryl/α,β-unsaturated/α-hetero) is 3. The Hall–Kier alpha value is -3.19. The van der Waals surface area contributed by atoms with Crippen molar-refractivity contribution in [2.24, 2.45) is 29.4 Å². The smallest absolute Gasteiger partial charge is 0.306 e. The van der Waals surface area contributed by atoms with E-state index in [4.69, 9.17) is 5.73 Å². The summed E-state index contributed by atoms with van der Waals surface area (Å²) in [6.07, 6.45) is -0.763. The zero-order chi connectivity index (χ0) is 32.0. The number of primary amides is 1. The van der Waals surface area contributed by atoms with Gasteiger partial charge in [0.2, 0.25) is 17.7 Å². The van der Waals surface area contributed by atoms with Crippen molar-refractivity contribution in [1.82, 2.24) is 16.0 Å². The van der Waals surface area contributed by atoms with Crippen molar-refractivity contribution in [3.63, 3.8) is 0 Å². The minimum absolute atomic E-state index is 0.0130. The van der Waals surface area contributed by atoms with Crippen LogP contribution in [0.4, 0.5) is 0 Å². The molecule has 0 aromatic carbocycles. The Morgan fingerprint density at radius 1 is 0.905 bits per heavy atom. The minimum atomic E-state index is -1.11. The Bertz CT molecular complexity index is 982. The molecule has 1 heterocycles. The summed E-state index contributed by atoms with van der Waals surface area (Å²) in [5, 5.41) is 26.9. The molecule has 1 aliphatic rings. The number of aliphatic hydroxyl groups is 1. The zero-order valence-corrected chi connectivity index (χ0v) is 25.1. The number of nitrogens with two attached hydrogens (primary N) is 1. The number of rotatable bonds is 21. The van der Waals surface area contributed by atoms with Gasteiger partial charge in [0.25, 0.3) is 0 Å². The van der Waals surface area contributed by atoms with Crippen LogP contribution in [-0.4, -0.2) is 82.5 Å². The van der Waals surface area contributed by atoms with Gasteiger partial charge in [0.05, 0.1) is 30.7 Å². The molecular formula is C29H48N4O9. The average molecular weight is 597 g/mol. The summed E-state index contributed by atoms with van der Waals surface area (Å²) in [6.45, 7) is 7.36. The predicted octanol–water partition coefficient (Wildman–Crippen LogP) is 0.253. The summed E-state index contributed by atoms with van der Waals surface area (Å²) in [5.74, 6) is -5.61. The molecule has 0 saturated carbocycles. The van der Waals surface area contributed by atoms with Gasteiger partial charge < -0.3 is 31.9 Å². The third-order valence-electron chi connectivity index (χ3n) is 7.11. The highest BCUT2D eigenvalue weighted by molar-refractivity contribution is 5.95. The molecule has 7 N–H and O–H groups in total. The number of carbonyl (C=O) groups is 7. The molecule has 0 spiro atoms. The van der Waals surface area contributed by atoms with Crippen LogP contribution in [-0.2, 0) is 33.6 Å². The Balaban J connectivity index is 2.81. The maximum Gasteiger partial charge on any atom is 0.306 e. The van der Waals surface area contributed by atoms with Gasteiger partial charge in [-0.15, -0.1) is 0 Å². The van der Waals surface area contributed by atoms with E-state index < -0.39 is 65.3 Å². The van der Waals surface area contributed by atoms with Crippen molar-refractivity contribution in [3.05, 3.63) is 0 Å². The van der Waals surface area contributed by atoms with Crippen molar-refractivity contribution in [1.29, 1.82) is 0 Å². The molecule has 3 amide bonds. The molecule has 42 heavy (non-hydrogen) atoms. The zero-order valence-electron chi connectivity index (χ0n) is 25.1. The Morgan fingerprint density at radius 2 is 1.52 bits per heavy atom. The molecule has 238 valence electrons. The maximum atomic E-state index is 13.2. The first-order chi connectivity index (χ1) is 19.6. The van der Waals surface area contributed by atoms with Gasteiger partial charge >= 0.3 is 5.97 Å². The number of amides is 3. The molecule has 0 aliphatic carbocycles. The summed E-state index contributed by atoms with van der Waals surface area (Å²) in [7, 11) is 0. The third-order valence-corrected chi connectivity index (χ3v) is 7.11. The van der Waals surface area contributed by atoms with Crippen LogP contribution < -0.4 is 21.7 Å². The lowest BCUT2D eigenvalue weighted by Crippen LogP contribution is -2.44. The van der Waals surface area contributed by atoms with Crippen LogP contribution in [0.1, 0.15) is 85.5 Å². The standard InChI is InChI=1S/C29H48N4O9/c1-16(2)9-18(28(40)32-15-20(34)11-19(29(41)42)10-17(3)4)12-25(37)22(5-7-26(30)38)33-27(39)8-6-24(36)23-13-21(35)14-31-23/h16-19,21-23,31,35H,5-15H2,1-4H3,(H2,30,38)(H,32,40)(H,33,39)(H,41,42)/t18-,19-,21-,22+,23+/m1/s1. The normalized spacial score (nSPS) is 18.7. The van der Waals surface area contributed by atoms with Crippen molar-refractivity contribution in [2.75, 3.05) is 13.1 Å². The van der Waals surface area contributed by atoms with Crippen molar-refractivity contribution < 1.29 is 43.8 Å². The van der Waals surface area contributed by atoms with Crippen molar-refractivity contribution >= 4 is 41.0 Å². The number of carboxylic acids is 1. The molecule has 0 bridgehead atoms. The van der Waals surface area contributed by atoms with Gasteiger partial charge in [0.15, 0.2) is 11.6 Å². The average Bonchev–Trinajstić information content (AvgIpc) is 3.32. The topological polar surface area (TPSA) is 222 Å². The Labute approximate surface area is 247 Å². The van der Waals surface area contributed by atoms with E-state index in [0.717, 1.165) is 0 Å². The fourth-order valence-electron chi connectivity index (χ4n) is 4.99. The number of aliphatic carboxylic acids is 1. The molecule has 0 radical (unpaired) electrons. The number of hydrogen-bond acceptors (Lipinski definition) is 9. The maximum absolute atomic E-state index is 13.2. The molecular weight excluding hydrogens is 548 g/mol. The predicted molar refractivity (Wildman–Crippen MR) is 153 cm³/mol. The summed E-state index contributed by atoms with van der Waals surface area (Å²) >= 11 is 0. The third kappa shape index (κ3) is 14.6. The lowest BCUT2D eigenvalue weighted by atomic mass is 9.88. The molecule has 13 nitrogen and oxygen atoms in total. The monoisotopic (exact) mass is 596 g/mol. The molecule has 13 heteroatoms. The van der Waals surface area contributed by atoms with Crippen molar-refractivity contribution in [3.8, 4) is 0 Å². The highest BCUT2D eigenvalue weighted by Crippen LogP contribution is 2.19. The lowest BCUT2D eigenvalue weighted by molar-refractivity contribution is -0.144. The SMILES string of the molecule is CC(C)C[C@H](CC(=O)CNC(=O)[C@@H](CC(=O)[C@H](CCC(N)=O)NC(=O)CCC(=O)[C@@H]1C[C@@H](O)CN1)CC(C)C)C(=O)O. The van der Waals surface area contributed by atoms with E-state index >= 15 is 0 Å². The van der Waals surface area contributed by atoms with Crippen LogP contribution in [0.3, 0.4) is 0 Å². The number of carboxylic acid groups (broad SMARTS) is 1. The second-order valence-electron chi connectivity index (χ2n) is 12.1. The lowest BCUT2D eigenvalue weighted by Gasteiger charge is -2.22. The second kappa shape index (κ2) is 18.4. The number of aliphatic hydroxyl groups excluding tert-OH is 1. The first kappa shape index (κ1) is 36.8. The van der Waals surface area contributed by atoms with Gasteiger partial charge in [-0.1, -0.05) is 27.7 Å². The van der Waals surface area contributed by atoms with Gasteiger partial charge in [0, 0.05) is 44.6 Å². The van der Waals surface area contributed by atoms with Crippen LogP contribution in [0, 0.1) is 23.7 Å². The highest BCUT2D eigenvalue weighted by atomic mass is 16.4. The number of β-amino-alcohol motifs (C(OH)–C–C–N with tert-alkyl or cyclic N) is 1. The summed E-state index contributed by atoms with van der Waals surface area (Å²) in [6, 6.07) is -1.64. The van der Waals surface area contributed by atoms with Gasteiger partial charge in [-0.05, 0) is 37.5 Å². The van der Waals surface area contributed by atoms with Crippen LogP contribution >= 0.6 is 0 Å². The fourth-order valence-corrected chi connectivity index (χ4v) is 4.99. The van der Waals surface area contributed by atoms with E-state index in [1.54, 1.807) is 0 Å². The molecule has 5 atom stereocenters. The summed E-state index contributed by atoms with van der Waals surface area (Å²) < 4.78 is 0. The van der Waals surface area contributed by atoms with Crippen LogP contribution in [0.25, 0.3) is 0 Å². The molecule has 0 aromatic rings. The van der Waals surface area contributed by atoms with E-state index in [0.29, 0.717) is 19.4 Å². The largest absolute Gasteiger partial charge is 0.481 e. The second-order valence-corrected chi connectivity index (χ2v) is 12.1. The van der Waals surface area contributed by atoms with Gasteiger partial charge in [-0.2, -0.15) is 0 Å². The Morgan fingerprint density at radius 3 is 2.05 bits per heavy atom. The molecule has 1 fully saturated rings. The first-order valence-corrected chi connectivity index (χ1v) is 14.7. The van der Waals surface area contributed by atoms with Gasteiger partial charge in [-0.3, -0.25) is 33.6 Å². The van der Waals surface area contributed by atoms with E-state index in [2.05, 4.69) is 16.0 Å². The van der Waals surface area contributed by atoms with Crippen molar-refractivity contribution in [2.45, 2.75) is 104 Å². The molecule has 0 unspecified atom stereocenters. The molecule has 0 aromatic heterocycles. The summed E-state index contributed by atoms with van der Waals surface area (Å²) in [5.41, 5.74) is 5.25. The van der Waals surface area contributed by atoms with Gasteiger partial charge in [-0.25, -0.2) is 0 Å². The number of carbonyl (C=O) groups excluding carboxylic acids is 6. The number of ketones is 3. The van der Waals surface area contributed by atoms with Crippen LogP contribution in [0.2, 0.25) is 0 Å². The fraction of sp³-hybridized carbons (Fsp3) is 0.759. The van der Waals surface area contributed by atoms with E-state index in [-0.39, 0.29) is 69.1 Å². The molecule has 1 rings (SSSR count). The Kier molecular flexibility index (Phi) is 16.1. The van der Waals surface area contributed by atoms with Crippen LogP contribution in [0.15, 0.2) is 0 Å². The highest BCUT2D eigenvalue weighted by Gasteiger charge is 2.31. The minimum Gasteiger partial charge on any atom is -0.481 e. The number of hydrogen-bond donors (Lipinski definition) is 6. The van der Waals surface area contributed by atoms with E-state index in [1.165, 1.54) is 0 Å². The van der Waals surface area contributed by atoms with Crippen LogP contribution in [0.5, 0.6) is 0 Å². The molecule has 1 aliphatic heterocycles. The first-order valence-electron chi connectivity index (χ1n) is 14.7. The number of nitrogens with one attached hydrogen (secondary N) is 3. The van der Waals surface area contributed by atoms with E-state index in [1.807, 2.05) is 27.7 Å². The quantitative estimate of drug-likeness (QED) is 0.106. The molecule has 1 saturated heterocycles. The van der Waals surface area contributed by atoms with Gasteiger partial charge in [0.1, 0.15) is 5.78 Å². The summed E-state index contributed by atoms with van der Waals surface area (Å²) in [4.78, 5) is 86.5.